The minimum atomic E-state index is -0.612. The van der Waals surface area contributed by atoms with E-state index in [9.17, 15) is 8.78 Å². The predicted octanol–water partition coefficient (Wildman–Crippen LogP) is 2.83. The van der Waals surface area contributed by atoms with E-state index in [2.05, 4.69) is 5.43 Å². The molecule has 18 heavy (non-hydrogen) atoms. The highest BCUT2D eigenvalue weighted by atomic mass is 19.1. The van der Waals surface area contributed by atoms with Crippen molar-refractivity contribution in [1.82, 2.24) is 5.43 Å². The van der Waals surface area contributed by atoms with Gasteiger partial charge in [-0.1, -0.05) is 35.9 Å². The van der Waals surface area contributed by atoms with Gasteiger partial charge in [-0.25, -0.2) is 14.2 Å². The Hall–Kier alpha value is -1.78. The molecule has 3 N–H and O–H groups in total. The van der Waals surface area contributed by atoms with Crippen LogP contribution in [0.5, 0.6) is 0 Å². The van der Waals surface area contributed by atoms with E-state index in [0.717, 1.165) is 17.2 Å². The number of halogens is 2. The molecule has 0 spiro atoms. The van der Waals surface area contributed by atoms with Crippen LogP contribution in [0.25, 0.3) is 0 Å². The van der Waals surface area contributed by atoms with E-state index in [1.807, 2.05) is 31.2 Å². The van der Waals surface area contributed by atoms with Gasteiger partial charge in [-0.15, -0.1) is 0 Å². The Morgan fingerprint density at radius 3 is 2.28 bits per heavy atom. The zero-order valence-corrected chi connectivity index (χ0v) is 9.95. The van der Waals surface area contributed by atoms with Gasteiger partial charge in [-0.2, -0.15) is 0 Å². The molecule has 0 saturated carbocycles. The van der Waals surface area contributed by atoms with Gasteiger partial charge in [0.1, 0.15) is 11.6 Å². The summed E-state index contributed by atoms with van der Waals surface area (Å²) < 4.78 is 26.6. The molecule has 0 fully saturated rings. The summed E-state index contributed by atoms with van der Waals surface area (Å²) in [5, 5.41) is 0. The van der Waals surface area contributed by atoms with Crippen LogP contribution in [-0.2, 0) is 0 Å². The Kier molecular flexibility index (Phi) is 3.69. The largest absolute Gasteiger partial charge is 0.271 e. The zero-order chi connectivity index (χ0) is 13.1. The van der Waals surface area contributed by atoms with Crippen LogP contribution in [0, 0.1) is 18.6 Å². The van der Waals surface area contributed by atoms with Gasteiger partial charge >= 0.3 is 0 Å². The molecule has 0 saturated heterocycles. The average Bonchev–Trinajstić information content (AvgIpc) is 2.35. The molecule has 0 bridgehead atoms. The van der Waals surface area contributed by atoms with Crippen molar-refractivity contribution < 1.29 is 8.78 Å². The highest BCUT2D eigenvalue weighted by molar-refractivity contribution is 5.34. The quantitative estimate of drug-likeness (QED) is 0.647. The second-order valence-electron chi connectivity index (χ2n) is 4.18. The van der Waals surface area contributed by atoms with Gasteiger partial charge in [-0.05, 0) is 18.6 Å². The van der Waals surface area contributed by atoms with Crippen molar-refractivity contribution in [3.8, 4) is 0 Å². The fourth-order valence-corrected chi connectivity index (χ4v) is 1.86. The van der Waals surface area contributed by atoms with E-state index in [1.165, 1.54) is 12.1 Å². The molecule has 0 radical (unpaired) electrons. The summed E-state index contributed by atoms with van der Waals surface area (Å²) in [7, 11) is 0. The van der Waals surface area contributed by atoms with Crippen LogP contribution in [0.3, 0.4) is 0 Å². The van der Waals surface area contributed by atoms with Crippen LogP contribution in [0.1, 0.15) is 22.7 Å². The maximum atomic E-state index is 13.7. The molecule has 2 aromatic carbocycles. The SMILES string of the molecule is Cc1ccc(C(NN)c2ccc(F)cc2F)cc1. The van der Waals surface area contributed by atoms with Crippen molar-refractivity contribution in [2.24, 2.45) is 5.84 Å². The number of nitrogens with two attached hydrogens (primary N) is 1. The average molecular weight is 248 g/mol. The number of rotatable bonds is 3. The van der Waals surface area contributed by atoms with Crippen LogP contribution in [0.4, 0.5) is 8.78 Å². The third-order valence-corrected chi connectivity index (χ3v) is 2.85. The number of hydrogen-bond donors (Lipinski definition) is 2. The van der Waals surface area contributed by atoms with Gasteiger partial charge < -0.3 is 0 Å². The first kappa shape index (κ1) is 12.7. The number of nitrogens with one attached hydrogen (secondary N) is 1. The van der Waals surface area contributed by atoms with Gasteiger partial charge in [0.25, 0.3) is 0 Å². The maximum absolute atomic E-state index is 13.7. The molecule has 0 heterocycles. The monoisotopic (exact) mass is 248 g/mol. The highest BCUT2D eigenvalue weighted by Crippen LogP contribution is 2.24. The first-order chi connectivity index (χ1) is 8.61. The van der Waals surface area contributed by atoms with E-state index in [-0.39, 0.29) is 0 Å². The van der Waals surface area contributed by atoms with E-state index in [1.54, 1.807) is 0 Å². The second-order valence-corrected chi connectivity index (χ2v) is 4.18. The Morgan fingerprint density at radius 1 is 1.06 bits per heavy atom. The van der Waals surface area contributed by atoms with Crippen LogP contribution in [0.15, 0.2) is 42.5 Å². The minimum absolute atomic E-state index is 0.322. The third kappa shape index (κ3) is 2.55. The standard InChI is InChI=1S/C14H14F2N2/c1-9-2-4-10(5-3-9)14(18-17)12-7-6-11(15)8-13(12)16/h2-8,14,18H,17H2,1H3. The Balaban J connectivity index is 2.41. The van der Waals surface area contributed by atoms with Crippen molar-refractivity contribution in [2.45, 2.75) is 13.0 Å². The van der Waals surface area contributed by atoms with Gasteiger partial charge in [0.15, 0.2) is 0 Å². The Morgan fingerprint density at radius 2 is 1.72 bits per heavy atom. The number of hydrazine groups is 1. The molecule has 2 rings (SSSR count). The fourth-order valence-electron chi connectivity index (χ4n) is 1.86. The van der Waals surface area contributed by atoms with Crippen molar-refractivity contribution >= 4 is 0 Å². The Labute approximate surface area is 104 Å². The van der Waals surface area contributed by atoms with Crippen molar-refractivity contribution in [2.75, 3.05) is 0 Å². The molecule has 1 unspecified atom stereocenters. The molecule has 0 aromatic heterocycles. The molecule has 4 heteroatoms. The smallest absolute Gasteiger partial charge is 0.131 e. The van der Waals surface area contributed by atoms with E-state index in [0.29, 0.717) is 5.56 Å². The topological polar surface area (TPSA) is 38.0 Å². The van der Waals surface area contributed by atoms with Gasteiger partial charge in [0, 0.05) is 11.6 Å². The van der Waals surface area contributed by atoms with Crippen LogP contribution in [0.2, 0.25) is 0 Å². The number of aryl methyl sites for hydroxylation is 1. The molecule has 2 aromatic rings. The first-order valence-corrected chi connectivity index (χ1v) is 5.59. The summed E-state index contributed by atoms with van der Waals surface area (Å²) in [6.45, 7) is 1.97. The summed E-state index contributed by atoms with van der Waals surface area (Å²) in [6.07, 6.45) is 0. The maximum Gasteiger partial charge on any atom is 0.131 e. The normalized spacial score (nSPS) is 12.4. The highest BCUT2D eigenvalue weighted by Gasteiger charge is 2.16. The van der Waals surface area contributed by atoms with E-state index in [4.69, 9.17) is 5.84 Å². The minimum Gasteiger partial charge on any atom is -0.271 e. The van der Waals surface area contributed by atoms with Gasteiger partial charge in [-0.3, -0.25) is 5.84 Å². The molecule has 94 valence electrons. The molecule has 0 amide bonds. The summed E-state index contributed by atoms with van der Waals surface area (Å²) >= 11 is 0. The summed E-state index contributed by atoms with van der Waals surface area (Å²) in [4.78, 5) is 0. The summed E-state index contributed by atoms with van der Waals surface area (Å²) in [5.41, 5.74) is 4.81. The molecular weight excluding hydrogens is 234 g/mol. The fraction of sp³-hybridized carbons (Fsp3) is 0.143. The van der Waals surface area contributed by atoms with E-state index >= 15 is 0 Å². The predicted molar refractivity (Wildman–Crippen MR) is 66.7 cm³/mol. The second kappa shape index (κ2) is 5.25. The van der Waals surface area contributed by atoms with Crippen molar-refractivity contribution in [3.05, 3.63) is 70.8 Å². The van der Waals surface area contributed by atoms with Crippen LogP contribution < -0.4 is 11.3 Å². The van der Waals surface area contributed by atoms with Crippen LogP contribution >= 0.6 is 0 Å². The van der Waals surface area contributed by atoms with Crippen molar-refractivity contribution in [3.63, 3.8) is 0 Å². The molecule has 1 atom stereocenters. The lowest BCUT2D eigenvalue weighted by Gasteiger charge is -2.17. The molecule has 0 aliphatic heterocycles. The summed E-state index contributed by atoms with van der Waals surface area (Å²) in [6, 6.07) is 10.5. The molecule has 0 aliphatic carbocycles. The molecule has 2 nitrogen and oxygen atoms in total. The zero-order valence-electron chi connectivity index (χ0n) is 9.95. The van der Waals surface area contributed by atoms with E-state index < -0.39 is 17.7 Å². The first-order valence-electron chi connectivity index (χ1n) is 5.59. The van der Waals surface area contributed by atoms with Crippen LogP contribution in [-0.4, -0.2) is 0 Å². The lowest BCUT2D eigenvalue weighted by Crippen LogP contribution is -2.29. The van der Waals surface area contributed by atoms with Crippen molar-refractivity contribution in [1.29, 1.82) is 0 Å². The number of hydrogen-bond acceptors (Lipinski definition) is 2. The number of benzene rings is 2. The van der Waals surface area contributed by atoms with Gasteiger partial charge in [0.05, 0.1) is 6.04 Å². The lowest BCUT2D eigenvalue weighted by molar-refractivity contribution is 0.541. The lowest BCUT2D eigenvalue weighted by atomic mass is 9.98. The summed E-state index contributed by atoms with van der Waals surface area (Å²) in [5.74, 6) is 4.26. The Bertz CT molecular complexity index is 538. The third-order valence-electron chi connectivity index (χ3n) is 2.85. The molecular formula is C14H14F2N2. The molecule has 0 aliphatic rings. The van der Waals surface area contributed by atoms with Gasteiger partial charge in [0.2, 0.25) is 0 Å².